The Morgan fingerprint density at radius 3 is 2.37 bits per heavy atom. The largest absolute Gasteiger partial charge is 0.382 e. The molecule has 1 aromatic rings. The van der Waals surface area contributed by atoms with Gasteiger partial charge in [-0.3, -0.25) is 0 Å². The van der Waals surface area contributed by atoms with E-state index in [4.69, 9.17) is 15.2 Å². The zero-order chi connectivity index (χ0) is 13.6. The summed E-state index contributed by atoms with van der Waals surface area (Å²) in [4.78, 5) is 0. The maximum atomic E-state index is 6.05. The third kappa shape index (κ3) is 3.78. The molecule has 19 heavy (non-hydrogen) atoms. The summed E-state index contributed by atoms with van der Waals surface area (Å²) >= 11 is 0. The molecule has 1 aromatic carbocycles. The SMILES string of the molecule is COCCOCCCC1(CN)Cc2ccccc2C1. The van der Waals surface area contributed by atoms with E-state index in [1.807, 2.05) is 0 Å². The number of hydrogen-bond acceptors (Lipinski definition) is 3. The second-order valence-electron chi connectivity index (χ2n) is 5.54. The minimum absolute atomic E-state index is 0.258. The Morgan fingerprint density at radius 2 is 1.79 bits per heavy atom. The Balaban J connectivity index is 1.78. The minimum atomic E-state index is 0.258. The van der Waals surface area contributed by atoms with Crippen molar-refractivity contribution in [2.75, 3.05) is 33.5 Å². The molecule has 3 nitrogen and oxygen atoms in total. The Bertz CT molecular complexity index is 367. The molecule has 0 unspecified atom stereocenters. The lowest BCUT2D eigenvalue weighted by atomic mass is 9.80. The molecule has 1 aliphatic carbocycles. The van der Waals surface area contributed by atoms with Crippen molar-refractivity contribution in [1.82, 2.24) is 0 Å². The van der Waals surface area contributed by atoms with Crippen LogP contribution in [0.3, 0.4) is 0 Å². The van der Waals surface area contributed by atoms with E-state index in [1.54, 1.807) is 7.11 Å². The van der Waals surface area contributed by atoms with Crippen LogP contribution in [0.15, 0.2) is 24.3 Å². The van der Waals surface area contributed by atoms with Crippen molar-refractivity contribution in [1.29, 1.82) is 0 Å². The third-order valence-electron chi connectivity index (χ3n) is 4.11. The van der Waals surface area contributed by atoms with Gasteiger partial charge in [0.25, 0.3) is 0 Å². The molecule has 2 N–H and O–H groups in total. The molecule has 0 saturated carbocycles. The van der Waals surface area contributed by atoms with Gasteiger partial charge in [-0.2, -0.15) is 0 Å². The number of nitrogens with two attached hydrogens (primary N) is 1. The zero-order valence-electron chi connectivity index (χ0n) is 11.9. The first-order chi connectivity index (χ1) is 9.29. The van der Waals surface area contributed by atoms with E-state index in [9.17, 15) is 0 Å². The highest BCUT2D eigenvalue weighted by molar-refractivity contribution is 5.34. The molecule has 0 heterocycles. The number of fused-ring (bicyclic) bond motifs is 1. The second-order valence-corrected chi connectivity index (χ2v) is 5.54. The molecule has 2 rings (SSSR count). The summed E-state index contributed by atoms with van der Waals surface area (Å²) < 4.78 is 10.5. The van der Waals surface area contributed by atoms with E-state index in [1.165, 1.54) is 11.1 Å². The van der Waals surface area contributed by atoms with E-state index in [2.05, 4.69) is 24.3 Å². The van der Waals surface area contributed by atoms with Crippen molar-refractivity contribution in [3.63, 3.8) is 0 Å². The topological polar surface area (TPSA) is 44.5 Å². The number of ether oxygens (including phenoxy) is 2. The van der Waals surface area contributed by atoms with E-state index in [0.29, 0.717) is 13.2 Å². The van der Waals surface area contributed by atoms with Crippen LogP contribution < -0.4 is 5.73 Å². The van der Waals surface area contributed by atoms with Crippen molar-refractivity contribution >= 4 is 0 Å². The molecule has 1 aliphatic rings. The fourth-order valence-electron chi connectivity index (χ4n) is 2.99. The van der Waals surface area contributed by atoms with Crippen molar-refractivity contribution in [2.45, 2.75) is 25.7 Å². The molecule has 0 aliphatic heterocycles. The normalized spacial score (nSPS) is 16.5. The molecule has 0 aromatic heterocycles. The molecule has 0 fully saturated rings. The molecule has 3 heteroatoms. The molecule has 106 valence electrons. The van der Waals surface area contributed by atoms with Gasteiger partial charge in [-0.15, -0.1) is 0 Å². The number of hydrogen-bond donors (Lipinski definition) is 1. The Morgan fingerprint density at radius 1 is 1.11 bits per heavy atom. The molecule has 0 amide bonds. The third-order valence-corrected chi connectivity index (χ3v) is 4.11. The second kappa shape index (κ2) is 7.04. The lowest BCUT2D eigenvalue weighted by Crippen LogP contribution is -2.31. The van der Waals surface area contributed by atoms with Crippen LogP contribution in [0.25, 0.3) is 0 Å². The Kier molecular flexibility index (Phi) is 5.37. The van der Waals surface area contributed by atoms with E-state index >= 15 is 0 Å². The maximum Gasteiger partial charge on any atom is 0.0700 e. The minimum Gasteiger partial charge on any atom is -0.382 e. The van der Waals surface area contributed by atoms with Crippen molar-refractivity contribution in [3.8, 4) is 0 Å². The van der Waals surface area contributed by atoms with Crippen molar-refractivity contribution < 1.29 is 9.47 Å². The van der Waals surface area contributed by atoms with E-state index in [0.717, 1.165) is 38.8 Å². The van der Waals surface area contributed by atoms with Gasteiger partial charge in [0, 0.05) is 13.7 Å². The van der Waals surface area contributed by atoms with Crippen LogP contribution >= 0.6 is 0 Å². The highest BCUT2D eigenvalue weighted by atomic mass is 16.5. The van der Waals surface area contributed by atoms with Gasteiger partial charge in [0.15, 0.2) is 0 Å². The maximum absolute atomic E-state index is 6.05. The van der Waals surface area contributed by atoms with Gasteiger partial charge in [-0.25, -0.2) is 0 Å². The van der Waals surface area contributed by atoms with Gasteiger partial charge >= 0.3 is 0 Å². The standard InChI is InChI=1S/C16H25NO2/c1-18-9-10-19-8-4-7-16(13-17)11-14-5-2-3-6-15(14)12-16/h2-3,5-6H,4,7-13,17H2,1H3. The highest BCUT2D eigenvalue weighted by Gasteiger charge is 2.35. The predicted octanol–water partition coefficient (Wildman–Crippen LogP) is 2.17. The number of benzene rings is 1. The summed E-state index contributed by atoms with van der Waals surface area (Å²) in [6.07, 6.45) is 4.47. The van der Waals surface area contributed by atoms with Crippen LogP contribution in [0.1, 0.15) is 24.0 Å². The van der Waals surface area contributed by atoms with Gasteiger partial charge in [0.05, 0.1) is 13.2 Å². The fraction of sp³-hybridized carbons (Fsp3) is 0.625. The van der Waals surface area contributed by atoms with Crippen LogP contribution in [0.2, 0.25) is 0 Å². The average molecular weight is 263 g/mol. The summed E-state index contributed by atoms with van der Waals surface area (Å²) in [6.45, 7) is 2.93. The van der Waals surface area contributed by atoms with Crippen LogP contribution in [-0.2, 0) is 22.3 Å². The molecular weight excluding hydrogens is 238 g/mol. The molecule has 0 bridgehead atoms. The summed E-state index contributed by atoms with van der Waals surface area (Å²) in [5, 5.41) is 0. The summed E-state index contributed by atoms with van der Waals surface area (Å²) in [5.41, 5.74) is 9.27. The summed E-state index contributed by atoms with van der Waals surface area (Å²) in [5.74, 6) is 0. The lowest BCUT2D eigenvalue weighted by Gasteiger charge is -2.27. The summed E-state index contributed by atoms with van der Waals surface area (Å²) in [6, 6.07) is 8.72. The van der Waals surface area contributed by atoms with E-state index in [-0.39, 0.29) is 5.41 Å². The van der Waals surface area contributed by atoms with Crippen LogP contribution in [0.5, 0.6) is 0 Å². The van der Waals surface area contributed by atoms with Crippen LogP contribution in [-0.4, -0.2) is 33.5 Å². The summed E-state index contributed by atoms with van der Waals surface area (Å²) in [7, 11) is 1.70. The molecule has 0 atom stereocenters. The smallest absolute Gasteiger partial charge is 0.0700 e. The fourth-order valence-corrected chi connectivity index (χ4v) is 2.99. The first-order valence-electron chi connectivity index (χ1n) is 7.13. The zero-order valence-corrected chi connectivity index (χ0v) is 11.9. The quantitative estimate of drug-likeness (QED) is 0.731. The highest BCUT2D eigenvalue weighted by Crippen LogP contribution is 2.39. The molecule has 0 saturated heterocycles. The van der Waals surface area contributed by atoms with Crippen molar-refractivity contribution in [3.05, 3.63) is 35.4 Å². The Labute approximate surface area is 116 Å². The van der Waals surface area contributed by atoms with Crippen molar-refractivity contribution in [2.24, 2.45) is 11.1 Å². The predicted molar refractivity (Wildman–Crippen MR) is 77.3 cm³/mol. The molecular formula is C16H25NO2. The molecule has 0 spiro atoms. The van der Waals surface area contributed by atoms with Gasteiger partial charge < -0.3 is 15.2 Å². The van der Waals surface area contributed by atoms with Crippen LogP contribution in [0, 0.1) is 5.41 Å². The lowest BCUT2D eigenvalue weighted by molar-refractivity contribution is 0.0640. The molecule has 0 radical (unpaired) electrons. The van der Waals surface area contributed by atoms with Gasteiger partial charge in [-0.1, -0.05) is 24.3 Å². The monoisotopic (exact) mass is 263 g/mol. The van der Waals surface area contributed by atoms with Crippen LogP contribution in [0.4, 0.5) is 0 Å². The average Bonchev–Trinajstić information content (AvgIpc) is 2.82. The first-order valence-corrected chi connectivity index (χ1v) is 7.13. The number of methoxy groups -OCH3 is 1. The van der Waals surface area contributed by atoms with Gasteiger partial charge in [0.1, 0.15) is 0 Å². The van der Waals surface area contributed by atoms with Gasteiger partial charge in [-0.05, 0) is 48.8 Å². The van der Waals surface area contributed by atoms with Gasteiger partial charge in [0.2, 0.25) is 0 Å². The van der Waals surface area contributed by atoms with E-state index < -0.39 is 0 Å². The first kappa shape index (κ1) is 14.5. The number of rotatable bonds is 8. The Hall–Kier alpha value is -0.900.